The van der Waals surface area contributed by atoms with Gasteiger partial charge in [0.25, 0.3) is 11.8 Å². The number of nitrogens with one attached hydrogen (secondary N) is 1. The van der Waals surface area contributed by atoms with Crippen molar-refractivity contribution < 1.29 is 14.0 Å². The Morgan fingerprint density at radius 2 is 1.87 bits per heavy atom. The summed E-state index contributed by atoms with van der Waals surface area (Å²) in [6, 6.07) is 14.8. The largest absolute Gasteiger partial charge is 0.459 e. The molecule has 0 unspecified atom stereocenters. The van der Waals surface area contributed by atoms with E-state index in [1.807, 2.05) is 58.3 Å². The van der Waals surface area contributed by atoms with Gasteiger partial charge in [-0.25, -0.2) is 4.98 Å². The molecule has 0 aliphatic carbocycles. The minimum absolute atomic E-state index is 0.00530. The smallest absolute Gasteiger partial charge is 0.293 e. The van der Waals surface area contributed by atoms with E-state index in [9.17, 15) is 9.59 Å². The summed E-state index contributed by atoms with van der Waals surface area (Å²) in [5.74, 6) is -0.0978. The Hall–Kier alpha value is -3.65. The molecular weight excluding hydrogens is 400 g/mol. The zero-order valence-electron chi connectivity index (χ0n) is 15.9. The van der Waals surface area contributed by atoms with Crippen LogP contribution in [-0.2, 0) is 13.0 Å². The van der Waals surface area contributed by atoms with E-state index in [4.69, 9.17) is 4.42 Å². The third-order valence-corrected chi connectivity index (χ3v) is 6.00. The molecule has 0 bridgehead atoms. The number of hydrogen-bond donors (Lipinski definition) is 1. The summed E-state index contributed by atoms with van der Waals surface area (Å²) in [6.45, 7) is 1.09. The number of nitrogens with zero attached hydrogens (tertiary/aromatic N) is 3. The van der Waals surface area contributed by atoms with Gasteiger partial charge in [-0.2, -0.15) is 0 Å². The van der Waals surface area contributed by atoms with Gasteiger partial charge < -0.3 is 13.9 Å². The predicted molar refractivity (Wildman–Crippen MR) is 113 cm³/mol. The Balaban J connectivity index is 1.28. The van der Waals surface area contributed by atoms with E-state index in [-0.39, 0.29) is 17.6 Å². The third kappa shape index (κ3) is 3.53. The summed E-state index contributed by atoms with van der Waals surface area (Å²) in [5.41, 5.74) is 2.60. The maximum absolute atomic E-state index is 13.0. The first kappa shape index (κ1) is 18.4. The number of carbonyl (C=O) groups excluding carboxylic acids is 2. The van der Waals surface area contributed by atoms with Crippen LogP contribution in [0.5, 0.6) is 0 Å². The van der Waals surface area contributed by atoms with E-state index in [0.717, 1.165) is 16.3 Å². The molecule has 7 nitrogen and oxygen atoms in total. The van der Waals surface area contributed by atoms with Gasteiger partial charge in [-0.15, -0.1) is 0 Å². The maximum Gasteiger partial charge on any atom is 0.293 e. The van der Waals surface area contributed by atoms with Crippen molar-refractivity contribution in [1.29, 1.82) is 0 Å². The Morgan fingerprint density at radius 1 is 1.07 bits per heavy atom. The lowest BCUT2D eigenvalue weighted by Crippen LogP contribution is -2.35. The Morgan fingerprint density at radius 3 is 2.60 bits per heavy atom. The molecule has 30 heavy (non-hydrogen) atoms. The van der Waals surface area contributed by atoms with Crippen molar-refractivity contribution in [2.24, 2.45) is 0 Å². The second-order valence-corrected chi connectivity index (χ2v) is 8.02. The minimum atomic E-state index is -0.332. The van der Waals surface area contributed by atoms with Gasteiger partial charge in [0.1, 0.15) is 0 Å². The molecule has 3 aromatic heterocycles. The Kier molecular flexibility index (Phi) is 4.68. The Bertz CT molecular complexity index is 1180. The second-order valence-electron chi connectivity index (χ2n) is 6.93. The van der Waals surface area contributed by atoms with Crippen LogP contribution in [0.2, 0.25) is 0 Å². The van der Waals surface area contributed by atoms with Crippen LogP contribution in [0.1, 0.15) is 31.5 Å². The molecule has 0 saturated heterocycles. The first-order valence-electron chi connectivity index (χ1n) is 9.53. The fraction of sp³-hybridized carbons (Fsp3) is 0.136. The summed E-state index contributed by atoms with van der Waals surface area (Å²) in [6.07, 6.45) is 6.05. The highest BCUT2D eigenvalue weighted by atomic mass is 32.1. The van der Waals surface area contributed by atoms with E-state index in [1.165, 1.54) is 17.6 Å². The molecule has 1 aliphatic heterocycles. The van der Waals surface area contributed by atoms with E-state index in [1.54, 1.807) is 12.1 Å². The van der Waals surface area contributed by atoms with Crippen LogP contribution >= 0.6 is 11.3 Å². The third-order valence-electron chi connectivity index (χ3n) is 5.00. The van der Waals surface area contributed by atoms with Gasteiger partial charge in [0.05, 0.1) is 18.5 Å². The molecule has 0 radical (unpaired) electrons. The molecule has 1 aliphatic rings. The quantitative estimate of drug-likeness (QED) is 0.544. The SMILES string of the molecule is O=C(Nc1nc2c(s1)CN(C(=O)c1ccc(-n3cccc3)cc1)CC2)c1ccco1. The summed E-state index contributed by atoms with van der Waals surface area (Å²) >= 11 is 1.40. The van der Waals surface area contributed by atoms with Crippen molar-refractivity contribution in [2.45, 2.75) is 13.0 Å². The fourth-order valence-corrected chi connectivity index (χ4v) is 4.47. The second kappa shape index (κ2) is 7.64. The van der Waals surface area contributed by atoms with Crippen molar-refractivity contribution in [3.05, 3.63) is 89.1 Å². The minimum Gasteiger partial charge on any atom is -0.459 e. The summed E-state index contributed by atoms with van der Waals surface area (Å²) in [5, 5.41) is 3.29. The maximum atomic E-state index is 13.0. The molecule has 1 aromatic carbocycles. The van der Waals surface area contributed by atoms with Crippen LogP contribution in [0.15, 0.2) is 71.6 Å². The van der Waals surface area contributed by atoms with E-state index < -0.39 is 0 Å². The number of thiazole rings is 1. The molecule has 2 amide bonds. The molecule has 8 heteroatoms. The van der Waals surface area contributed by atoms with E-state index >= 15 is 0 Å². The van der Waals surface area contributed by atoms with Crippen molar-refractivity contribution in [1.82, 2.24) is 14.5 Å². The molecule has 4 heterocycles. The van der Waals surface area contributed by atoms with Crippen molar-refractivity contribution >= 4 is 28.3 Å². The van der Waals surface area contributed by atoms with Gasteiger partial charge in [0.2, 0.25) is 0 Å². The molecule has 150 valence electrons. The number of hydrogen-bond acceptors (Lipinski definition) is 5. The predicted octanol–water partition coefficient (Wildman–Crippen LogP) is 3.98. The molecule has 5 rings (SSSR count). The molecule has 0 saturated carbocycles. The molecule has 0 atom stereocenters. The van der Waals surface area contributed by atoms with Crippen molar-refractivity contribution in [3.8, 4) is 5.69 Å². The van der Waals surface area contributed by atoms with Crippen LogP contribution in [0.3, 0.4) is 0 Å². The van der Waals surface area contributed by atoms with Gasteiger partial charge in [-0.1, -0.05) is 11.3 Å². The van der Waals surface area contributed by atoms with E-state index in [2.05, 4.69) is 10.3 Å². The van der Waals surface area contributed by atoms with Crippen LogP contribution in [0.25, 0.3) is 5.69 Å². The van der Waals surface area contributed by atoms with Crippen molar-refractivity contribution in [2.75, 3.05) is 11.9 Å². The lowest BCUT2D eigenvalue weighted by atomic mass is 10.1. The zero-order valence-corrected chi connectivity index (χ0v) is 16.8. The Labute approximate surface area is 176 Å². The summed E-state index contributed by atoms with van der Waals surface area (Å²) in [7, 11) is 0. The number of carbonyl (C=O) groups is 2. The number of amides is 2. The molecular formula is C22H18N4O3S. The van der Waals surface area contributed by atoms with Gasteiger partial charge in [0, 0.05) is 41.5 Å². The highest BCUT2D eigenvalue weighted by molar-refractivity contribution is 7.15. The number of benzene rings is 1. The van der Waals surface area contributed by atoms with Crippen LogP contribution in [0.4, 0.5) is 5.13 Å². The zero-order chi connectivity index (χ0) is 20.5. The van der Waals surface area contributed by atoms with Crippen LogP contribution in [-0.4, -0.2) is 32.8 Å². The number of fused-ring (bicyclic) bond motifs is 1. The topological polar surface area (TPSA) is 80.4 Å². The molecule has 0 fully saturated rings. The number of anilines is 1. The summed E-state index contributed by atoms with van der Waals surface area (Å²) < 4.78 is 7.11. The first-order valence-corrected chi connectivity index (χ1v) is 10.3. The molecule has 0 spiro atoms. The van der Waals surface area contributed by atoms with Crippen LogP contribution < -0.4 is 5.32 Å². The monoisotopic (exact) mass is 418 g/mol. The van der Waals surface area contributed by atoms with Crippen molar-refractivity contribution in [3.63, 3.8) is 0 Å². The van der Waals surface area contributed by atoms with Crippen LogP contribution in [0, 0.1) is 0 Å². The van der Waals surface area contributed by atoms with Gasteiger partial charge in [-0.3, -0.25) is 14.9 Å². The average Bonchev–Trinajstić information content (AvgIpc) is 3.54. The fourth-order valence-electron chi connectivity index (χ4n) is 3.45. The summed E-state index contributed by atoms with van der Waals surface area (Å²) in [4.78, 5) is 32.5. The number of aromatic nitrogens is 2. The molecule has 4 aromatic rings. The normalized spacial score (nSPS) is 13.1. The highest BCUT2D eigenvalue weighted by Crippen LogP contribution is 2.29. The number of rotatable bonds is 4. The number of furan rings is 1. The average molecular weight is 418 g/mol. The highest BCUT2D eigenvalue weighted by Gasteiger charge is 2.25. The lowest BCUT2D eigenvalue weighted by molar-refractivity contribution is 0.0736. The first-order chi connectivity index (χ1) is 14.7. The van der Waals surface area contributed by atoms with Gasteiger partial charge in [0.15, 0.2) is 10.9 Å². The van der Waals surface area contributed by atoms with Gasteiger partial charge >= 0.3 is 0 Å². The van der Waals surface area contributed by atoms with Gasteiger partial charge in [-0.05, 0) is 48.5 Å². The molecule has 1 N–H and O–H groups in total. The van der Waals surface area contributed by atoms with E-state index in [0.29, 0.717) is 30.2 Å². The lowest BCUT2D eigenvalue weighted by Gasteiger charge is -2.26. The standard InChI is InChI=1S/C22H18N4O3S/c27-20(18-4-3-13-29-18)24-22-23-17-9-12-26(14-19(17)30-22)21(28)15-5-7-16(8-6-15)25-10-1-2-11-25/h1-8,10-11,13H,9,12,14H2,(H,23,24,27).